The summed E-state index contributed by atoms with van der Waals surface area (Å²) in [5.74, 6) is 0.193. The van der Waals surface area contributed by atoms with Crippen molar-refractivity contribution in [2.45, 2.75) is 13.0 Å². The van der Waals surface area contributed by atoms with Gasteiger partial charge in [0.15, 0.2) is 11.5 Å². The van der Waals surface area contributed by atoms with Crippen molar-refractivity contribution in [1.29, 1.82) is 0 Å². The number of hydrogen-bond acceptors (Lipinski definition) is 6. The molecule has 0 bridgehead atoms. The van der Waals surface area contributed by atoms with E-state index in [9.17, 15) is 14.5 Å². The SMILES string of the molecule is COc1cc(F)c(C(C)Nc2ncccc2[N+](=O)[O-])cc1OC. The predicted octanol–water partition coefficient (Wildman–Crippen LogP) is 3.32. The standard InChI is InChI=1S/C15H16FN3O4/c1-9(18-15-12(19(20)21)5-4-6-17-15)10-7-13(22-2)14(23-3)8-11(10)16/h4-9H,1-3H3,(H,17,18). The molecule has 0 amide bonds. The smallest absolute Gasteiger partial charge is 0.311 e. The Balaban J connectivity index is 2.35. The maximum atomic E-state index is 14.2. The highest BCUT2D eigenvalue weighted by atomic mass is 19.1. The molecule has 23 heavy (non-hydrogen) atoms. The summed E-state index contributed by atoms with van der Waals surface area (Å²) in [6, 6.07) is 4.92. The van der Waals surface area contributed by atoms with Crippen LogP contribution in [0.4, 0.5) is 15.9 Å². The molecule has 1 unspecified atom stereocenters. The van der Waals surface area contributed by atoms with Crippen molar-refractivity contribution in [3.05, 3.63) is 52.0 Å². The van der Waals surface area contributed by atoms with Crippen LogP contribution in [0.5, 0.6) is 11.5 Å². The first-order chi connectivity index (χ1) is 11.0. The predicted molar refractivity (Wildman–Crippen MR) is 82.4 cm³/mol. The molecule has 1 heterocycles. The van der Waals surface area contributed by atoms with Gasteiger partial charge in [-0.2, -0.15) is 0 Å². The van der Waals surface area contributed by atoms with Gasteiger partial charge in [-0.3, -0.25) is 10.1 Å². The van der Waals surface area contributed by atoms with Crippen molar-refractivity contribution < 1.29 is 18.8 Å². The molecule has 0 aliphatic heterocycles. The van der Waals surface area contributed by atoms with Crippen LogP contribution in [0.25, 0.3) is 0 Å². The fraction of sp³-hybridized carbons (Fsp3) is 0.267. The Morgan fingerprint density at radius 3 is 2.57 bits per heavy atom. The summed E-state index contributed by atoms with van der Waals surface area (Å²) in [6.07, 6.45) is 1.42. The van der Waals surface area contributed by atoms with E-state index in [1.807, 2.05) is 0 Å². The second kappa shape index (κ2) is 6.91. The molecule has 0 fully saturated rings. The third kappa shape index (κ3) is 3.47. The lowest BCUT2D eigenvalue weighted by Crippen LogP contribution is -2.11. The Bertz CT molecular complexity index is 724. The minimum atomic E-state index is -0.566. The molecule has 1 aromatic carbocycles. The number of halogens is 1. The third-order valence-corrected chi connectivity index (χ3v) is 3.31. The largest absolute Gasteiger partial charge is 0.493 e. The lowest BCUT2D eigenvalue weighted by atomic mass is 10.1. The van der Waals surface area contributed by atoms with E-state index in [1.54, 1.807) is 6.92 Å². The zero-order chi connectivity index (χ0) is 17.0. The average molecular weight is 321 g/mol. The van der Waals surface area contributed by atoms with E-state index in [2.05, 4.69) is 10.3 Å². The number of benzene rings is 1. The lowest BCUT2D eigenvalue weighted by molar-refractivity contribution is -0.384. The molecule has 0 aliphatic carbocycles. The number of aromatic nitrogens is 1. The number of anilines is 1. The fourth-order valence-corrected chi connectivity index (χ4v) is 2.14. The van der Waals surface area contributed by atoms with Crippen molar-refractivity contribution in [3.8, 4) is 11.5 Å². The van der Waals surface area contributed by atoms with E-state index in [1.165, 1.54) is 44.7 Å². The average Bonchev–Trinajstić information content (AvgIpc) is 2.54. The summed E-state index contributed by atoms with van der Waals surface area (Å²) < 4.78 is 24.4. The van der Waals surface area contributed by atoms with Gasteiger partial charge < -0.3 is 14.8 Å². The van der Waals surface area contributed by atoms with Crippen LogP contribution >= 0.6 is 0 Å². The first-order valence-electron chi connectivity index (χ1n) is 6.75. The van der Waals surface area contributed by atoms with Gasteiger partial charge in [0, 0.05) is 23.9 Å². The molecule has 7 nitrogen and oxygen atoms in total. The summed E-state index contributed by atoms with van der Waals surface area (Å²) in [7, 11) is 2.86. The fourth-order valence-electron chi connectivity index (χ4n) is 2.14. The van der Waals surface area contributed by atoms with Crippen molar-refractivity contribution in [2.75, 3.05) is 19.5 Å². The Labute approximate surface area is 132 Å². The van der Waals surface area contributed by atoms with Crippen molar-refractivity contribution in [2.24, 2.45) is 0 Å². The van der Waals surface area contributed by atoms with Crippen molar-refractivity contribution in [1.82, 2.24) is 4.98 Å². The molecular formula is C15H16FN3O4. The van der Waals surface area contributed by atoms with Crippen LogP contribution in [0.1, 0.15) is 18.5 Å². The molecule has 1 N–H and O–H groups in total. The van der Waals surface area contributed by atoms with Gasteiger partial charge >= 0.3 is 5.69 Å². The van der Waals surface area contributed by atoms with E-state index >= 15 is 0 Å². The van der Waals surface area contributed by atoms with Crippen LogP contribution in [0.2, 0.25) is 0 Å². The minimum Gasteiger partial charge on any atom is -0.493 e. The summed E-state index contributed by atoms with van der Waals surface area (Å²) in [4.78, 5) is 14.4. The molecule has 122 valence electrons. The second-order valence-electron chi connectivity index (χ2n) is 4.72. The van der Waals surface area contributed by atoms with E-state index in [4.69, 9.17) is 9.47 Å². The Morgan fingerprint density at radius 2 is 1.96 bits per heavy atom. The number of ether oxygens (including phenoxy) is 2. The quantitative estimate of drug-likeness (QED) is 0.649. The highest BCUT2D eigenvalue weighted by Gasteiger charge is 2.20. The number of hydrogen-bond donors (Lipinski definition) is 1. The zero-order valence-corrected chi connectivity index (χ0v) is 12.9. The summed E-state index contributed by atoms with van der Waals surface area (Å²) in [5.41, 5.74) is 0.0998. The topological polar surface area (TPSA) is 86.5 Å². The van der Waals surface area contributed by atoms with Gasteiger partial charge in [-0.15, -0.1) is 0 Å². The summed E-state index contributed by atoms with van der Waals surface area (Å²) >= 11 is 0. The first kappa shape index (κ1) is 16.5. The molecule has 0 aliphatic rings. The Hall–Kier alpha value is -2.90. The summed E-state index contributed by atoms with van der Waals surface area (Å²) in [5, 5.41) is 13.9. The highest BCUT2D eigenvalue weighted by molar-refractivity contribution is 5.57. The minimum absolute atomic E-state index is 0.0687. The maximum Gasteiger partial charge on any atom is 0.311 e. The molecule has 0 radical (unpaired) electrons. The molecule has 1 atom stereocenters. The van der Waals surface area contributed by atoms with Crippen LogP contribution in [0, 0.1) is 15.9 Å². The summed E-state index contributed by atoms with van der Waals surface area (Å²) in [6.45, 7) is 1.67. The number of pyridine rings is 1. The molecule has 0 saturated carbocycles. The van der Waals surface area contributed by atoms with Crippen LogP contribution in [0.15, 0.2) is 30.5 Å². The first-order valence-corrected chi connectivity index (χ1v) is 6.75. The van der Waals surface area contributed by atoms with Gasteiger partial charge in [-0.05, 0) is 19.1 Å². The van der Waals surface area contributed by atoms with Crippen molar-refractivity contribution >= 4 is 11.5 Å². The van der Waals surface area contributed by atoms with Crippen molar-refractivity contribution in [3.63, 3.8) is 0 Å². The number of nitro groups is 1. The number of nitrogens with one attached hydrogen (secondary N) is 1. The Kier molecular flexibility index (Phi) is 4.95. The van der Waals surface area contributed by atoms with Gasteiger partial charge in [-0.1, -0.05) is 0 Å². The second-order valence-corrected chi connectivity index (χ2v) is 4.72. The van der Waals surface area contributed by atoms with Crippen LogP contribution in [0.3, 0.4) is 0 Å². The van der Waals surface area contributed by atoms with E-state index < -0.39 is 16.8 Å². The van der Waals surface area contributed by atoms with Gasteiger partial charge in [0.05, 0.1) is 25.2 Å². The van der Waals surface area contributed by atoms with Gasteiger partial charge in [0.1, 0.15) is 5.82 Å². The number of methoxy groups -OCH3 is 2. The van der Waals surface area contributed by atoms with Crippen LogP contribution in [-0.2, 0) is 0 Å². The zero-order valence-electron chi connectivity index (χ0n) is 12.9. The van der Waals surface area contributed by atoms with E-state index in [-0.39, 0.29) is 22.8 Å². The number of rotatable bonds is 6. The molecule has 0 saturated heterocycles. The molecule has 2 rings (SSSR count). The van der Waals surface area contributed by atoms with Gasteiger partial charge in [0.2, 0.25) is 5.82 Å². The molecule has 0 spiro atoms. The number of nitrogens with zero attached hydrogens (tertiary/aromatic N) is 2. The van der Waals surface area contributed by atoms with Gasteiger partial charge in [-0.25, -0.2) is 9.37 Å². The highest BCUT2D eigenvalue weighted by Crippen LogP contribution is 2.34. The lowest BCUT2D eigenvalue weighted by Gasteiger charge is -2.17. The van der Waals surface area contributed by atoms with E-state index in [0.29, 0.717) is 5.75 Å². The third-order valence-electron chi connectivity index (χ3n) is 3.31. The molecular weight excluding hydrogens is 305 g/mol. The maximum absolute atomic E-state index is 14.2. The van der Waals surface area contributed by atoms with Crippen LogP contribution < -0.4 is 14.8 Å². The normalized spacial score (nSPS) is 11.7. The molecule has 2 aromatic rings. The molecule has 1 aromatic heterocycles. The monoisotopic (exact) mass is 321 g/mol. The molecule has 8 heteroatoms. The van der Waals surface area contributed by atoms with E-state index in [0.717, 1.165) is 0 Å². The van der Waals surface area contributed by atoms with Gasteiger partial charge in [0.25, 0.3) is 0 Å². The Morgan fingerprint density at radius 1 is 1.30 bits per heavy atom. The van der Waals surface area contributed by atoms with Crippen LogP contribution in [-0.4, -0.2) is 24.1 Å².